The van der Waals surface area contributed by atoms with Gasteiger partial charge in [-0.1, -0.05) is 19.4 Å². The molecular formula is C28H46N4O9S. The summed E-state index contributed by atoms with van der Waals surface area (Å²) >= 11 is 1.41. The predicted molar refractivity (Wildman–Crippen MR) is 158 cm³/mol. The van der Waals surface area contributed by atoms with Crippen LogP contribution in [0.1, 0.15) is 55.8 Å². The number of carbonyl (C=O) groups excluding carboxylic acids is 4. The molecule has 0 aliphatic heterocycles. The van der Waals surface area contributed by atoms with Crippen LogP contribution in [0.5, 0.6) is 0 Å². The molecule has 1 aromatic carbocycles. The number of unbranched alkanes of at least 4 members (excludes halogenated alkanes) is 2. The number of imide groups is 1. The Hall–Kier alpha value is -2.75. The smallest absolute Gasteiger partial charge is 0.428 e. The molecule has 0 saturated heterocycles. The number of hydroxylamine groups is 2. The molecule has 0 radical (unpaired) electrons. The third-order valence-corrected chi connectivity index (χ3v) is 6.67. The average molecular weight is 615 g/mol. The highest BCUT2D eigenvalue weighted by atomic mass is 32.2. The number of nitrogens with one attached hydrogen (secondary N) is 1. The molecule has 1 unspecified atom stereocenters. The van der Waals surface area contributed by atoms with E-state index < -0.39 is 18.2 Å². The molecule has 0 aliphatic rings. The lowest BCUT2D eigenvalue weighted by molar-refractivity contribution is -0.177. The average Bonchev–Trinajstić information content (AvgIpc) is 2.99. The number of hydrogen-bond acceptors (Lipinski definition) is 12. The van der Waals surface area contributed by atoms with Crippen molar-refractivity contribution in [3.05, 3.63) is 29.8 Å². The Labute approximate surface area is 252 Å². The number of nitrogens with zero attached hydrogens (tertiary/aromatic N) is 1. The van der Waals surface area contributed by atoms with Crippen LogP contribution in [0.3, 0.4) is 0 Å². The van der Waals surface area contributed by atoms with Gasteiger partial charge in [0.25, 0.3) is 18.2 Å². The van der Waals surface area contributed by atoms with E-state index in [4.69, 9.17) is 35.3 Å². The first-order valence-electron chi connectivity index (χ1n) is 14.2. The first-order valence-corrected chi connectivity index (χ1v) is 15.2. The Kier molecular flexibility index (Phi) is 22.0. The van der Waals surface area contributed by atoms with Crippen molar-refractivity contribution >= 4 is 36.1 Å². The summed E-state index contributed by atoms with van der Waals surface area (Å²) in [6.45, 7) is 5.81. The van der Waals surface area contributed by atoms with E-state index in [0.717, 1.165) is 24.2 Å². The van der Waals surface area contributed by atoms with Gasteiger partial charge in [0.2, 0.25) is 0 Å². The second kappa shape index (κ2) is 24.8. The molecule has 42 heavy (non-hydrogen) atoms. The molecular weight excluding hydrogens is 568 g/mol. The monoisotopic (exact) mass is 614 g/mol. The van der Waals surface area contributed by atoms with E-state index in [0.29, 0.717) is 88.5 Å². The van der Waals surface area contributed by atoms with Gasteiger partial charge in [0, 0.05) is 35.7 Å². The third-order valence-electron chi connectivity index (χ3n) is 5.54. The van der Waals surface area contributed by atoms with E-state index in [-0.39, 0.29) is 18.7 Å². The van der Waals surface area contributed by atoms with Gasteiger partial charge < -0.3 is 35.7 Å². The number of rotatable bonds is 24. The summed E-state index contributed by atoms with van der Waals surface area (Å²) < 4.78 is 21.5. The van der Waals surface area contributed by atoms with Gasteiger partial charge in [-0.2, -0.15) is 0 Å². The lowest BCUT2D eigenvalue weighted by Crippen LogP contribution is -2.34. The van der Waals surface area contributed by atoms with Crippen LogP contribution in [-0.2, 0) is 33.4 Å². The van der Waals surface area contributed by atoms with Crippen molar-refractivity contribution in [3.8, 4) is 0 Å². The van der Waals surface area contributed by atoms with Crippen LogP contribution in [0.2, 0.25) is 0 Å². The number of nitrogens with two attached hydrogens (primary N) is 2. The zero-order valence-corrected chi connectivity index (χ0v) is 25.3. The lowest BCUT2D eigenvalue weighted by Gasteiger charge is -2.19. The second-order valence-corrected chi connectivity index (χ2v) is 10.1. The first kappa shape index (κ1) is 37.3. The summed E-state index contributed by atoms with van der Waals surface area (Å²) in [7, 11) is 0. The molecule has 1 rings (SSSR count). The van der Waals surface area contributed by atoms with Crippen molar-refractivity contribution in [3.63, 3.8) is 0 Å². The van der Waals surface area contributed by atoms with Gasteiger partial charge in [0.1, 0.15) is 6.10 Å². The second-order valence-electron chi connectivity index (χ2n) is 9.01. The van der Waals surface area contributed by atoms with Gasteiger partial charge in [-0.25, -0.2) is 4.79 Å². The van der Waals surface area contributed by atoms with E-state index in [1.165, 1.54) is 11.8 Å². The number of carbonyl (C=O) groups is 4. The zero-order valence-electron chi connectivity index (χ0n) is 24.5. The Morgan fingerprint density at radius 3 is 2.36 bits per heavy atom. The highest BCUT2D eigenvalue weighted by Gasteiger charge is 2.22. The quantitative estimate of drug-likeness (QED) is 0.0509. The number of benzene rings is 1. The number of ether oxygens (including phenoxy) is 4. The van der Waals surface area contributed by atoms with E-state index in [9.17, 15) is 19.2 Å². The van der Waals surface area contributed by atoms with Crippen LogP contribution in [0.25, 0.3) is 0 Å². The van der Waals surface area contributed by atoms with Crippen molar-refractivity contribution in [2.24, 2.45) is 11.5 Å². The molecule has 14 heteroatoms. The number of amides is 3. The molecule has 1 aromatic rings. The molecule has 3 amide bonds. The summed E-state index contributed by atoms with van der Waals surface area (Å²) in [5.74, 6) is -0.491. The van der Waals surface area contributed by atoms with Crippen LogP contribution in [0.15, 0.2) is 29.2 Å². The molecule has 0 saturated carbocycles. The lowest BCUT2D eigenvalue weighted by atomic mass is 10.1. The molecule has 13 nitrogen and oxygen atoms in total. The van der Waals surface area contributed by atoms with Crippen molar-refractivity contribution in [1.82, 2.24) is 10.4 Å². The maximum atomic E-state index is 12.6. The summed E-state index contributed by atoms with van der Waals surface area (Å²) in [5, 5.41) is 3.18. The maximum Gasteiger partial charge on any atom is 0.534 e. The number of thioether (sulfide) groups is 1. The van der Waals surface area contributed by atoms with Gasteiger partial charge in [-0.3, -0.25) is 19.2 Å². The van der Waals surface area contributed by atoms with Crippen LogP contribution < -0.4 is 16.8 Å². The number of hydrogen-bond donors (Lipinski definition) is 3. The fourth-order valence-corrected chi connectivity index (χ4v) is 4.44. The van der Waals surface area contributed by atoms with Crippen molar-refractivity contribution in [1.29, 1.82) is 0 Å². The Bertz CT molecular complexity index is 910. The minimum Gasteiger partial charge on any atom is -0.428 e. The molecule has 1 atom stereocenters. The largest absolute Gasteiger partial charge is 0.534 e. The summed E-state index contributed by atoms with van der Waals surface area (Å²) in [6.07, 6.45) is 2.03. The summed E-state index contributed by atoms with van der Waals surface area (Å²) in [6, 6.07) is 7.09. The maximum absolute atomic E-state index is 12.6. The molecule has 0 spiro atoms. The minimum atomic E-state index is -1.13. The predicted octanol–water partition coefficient (Wildman–Crippen LogP) is 2.26. The third kappa shape index (κ3) is 17.9. The normalized spacial score (nSPS) is 11.5. The molecule has 0 aromatic heterocycles. The van der Waals surface area contributed by atoms with Crippen LogP contribution in [0, 0.1) is 0 Å². The Morgan fingerprint density at radius 1 is 0.976 bits per heavy atom. The topological polar surface area (TPSA) is 182 Å². The van der Waals surface area contributed by atoms with Crippen molar-refractivity contribution in [2.45, 2.75) is 56.4 Å². The molecule has 5 N–H and O–H groups in total. The first-order chi connectivity index (χ1) is 20.4. The Balaban J connectivity index is 2.51. The molecule has 0 fully saturated rings. The van der Waals surface area contributed by atoms with E-state index in [1.54, 1.807) is 25.1 Å². The standard InChI is InChI=1S/C28H46N4O9S/c1-2-7-26(34)32(22-33)41-28(36)40-24(9-4-3-5-11-29)21-42-25-10-6-8-23(20-25)27(35)31-13-15-38-17-19-39-18-16-37-14-12-30/h6,8,10,20,22,24H,2-5,7,9,11-19,21,29-30H2,1H3,(H,31,35). The van der Waals surface area contributed by atoms with Crippen LogP contribution in [-0.4, -0.2) is 101 Å². The Morgan fingerprint density at radius 2 is 1.69 bits per heavy atom. The van der Waals surface area contributed by atoms with Gasteiger partial charge in [-0.05, 0) is 50.4 Å². The van der Waals surface area contributed by atoms with Crippen LogP contribution >= 0.6 is 11.8 Å². The fourth-order valence-electron chi connectivity index (χ4n) is 3.44. The van der Waals surface area contributed by atoms with Gasteiger partial charge in [-0.15, -0.1) is 16.8 Å². The van der Waals surface area contributed by atoms with Gasteiger partial charge >= 0.3 is 6.16 Å². The van der Waals surface area contributed by atoms with E-state index in [1.807, 2.05) is 6.07 Å². The van der Waals surface area contributed by atoms with E-state index in [2.05, 4.69) is 5.32 Å². The van der Waals surface area contributed by atoms with E-state index >= 15 is 0 Å². The molecule has 238 valence electrons. The molecule has 0 aliphatic carbocycles. The molecule has 0 heterocycles. The van der Waals surface area contributed by atoms with Crippen molar-refractivity contribution < 1.29 is 43.0 Å². The summed E-state index contributed by atoms with van der Waals surface area (Å²) in [5.41, 5.74) is 11.4. The highest BCUT2D eigenvalue weighted by molar-refractivity contribution is 7.99. The fraction of sp³-hybridized carbons (Fsp3) is 0.643. The minimum absolute atomic E-state index is 0.0583. The zero-order chi connectivity index (χ0) is 30.8. The van der Waals surface area contributed by atoms with Gasteiger partial charge in [0.05, 0.1) is 39.6 Å². The SMILES string of the molecule is CCCC(=O)N(C=O)OC(=O)OC(CCCCCN)CSc1cccc(C(=O)NCCOCCOCCOCCN)c1. The van der Waals surface area contributed by atoms with Gasteiger partial charge in [0.15, 0.2) is 0 Å². The van der Waals surface area contributed by atoms with Crippen LogP contribution in [0.4, 0.5) is 4.79 Å². The molecule has 0 bridgehead atoms. The van der Waals surface area contributed by atoms with Crippen molar-refractivity contribution in [2.75, 3.05) is 65.0 Å². The summed E-state index contributed by atoms with van der Waals surface area (Å²) in [4.78, 5) is 53.6. The highest BCUT2D eigenvalue weighted by Crippen LogP contribution is 2.23.